The van der Waals surface area contributed by atoms with E-state index >= 15 is 0 Å². The predicted octanol–water partition coefficient (Wildman–Crippen LogP) is 1.81. The Morgan fingerprint density at radius 1 is 1.56 bits per heavy atom. The molecule has 1 atom stereocenters. The Morgan fingerprint density at radius 2 is 2.22 bits per heavy atom. The van der Waals surface area contributed by atoms with Crippen molar-refractivity contribution in [2.75, 3.05) is 6.54 Å². The molecule has 1 amide bonds. The van der Waals surface area contributed by atoms with Crippen LogP contribution in [0, 0.1) is 17.0 Å². The number of benzene rings is 1. The van der Waals surface area contributed by atoms with Gasteiger partial charge in [-0.15, -0.1) is 0 Å². The molecular weight excluding hydrogens is 236 g/mol. The summed E-state index contributed by atoms with van der Waals surface area (Å²) >= 11 is 0. The summed E-state index contributed by atoms with van der Waals surface area (Å²) in [6.45, 7) is 5.58. The van der Waals surface area contributed by atoms with Crippen LogP contribution in [0.25, 0.3) is 0 Å². The van der Waals surface area contributed by atoms with Crippen LogP contribution in [0.1, 0.15) is 19.4 Å². The molecule has 0 radical (unpaired) electrons. The number of nitrogens with zero attached hydrogens (tertiary/aromatic N) is 1. The zero-order chi connectivity index (χ0) is 13.7. The molecule has 0 aromatic heterocycles. The van der Waals surface area contributed by atoms with Crippen LogP contribution in [-0.2, 0) is 4.79 Å². The first kappa shape index (κ1) is 14.0. The van der Waals surface area contributed by atoms with E-state index in [0.717, 1.165) is 5.56 Å². The van der Waals surface area contributed by atoms with E-state index < -0.39 is 11.0 Å². The molecule has 0 heterocycles. The Morgan fingerprint density at radius 3 is 2.78 bits per heavy atom. The van der Waals surface area contributed by atoms with Crippen LogP contribution in [0.2, 0.25) is 0 Å². The van der Waals surface area contributed by atoms with Crippen LogP contribution in [0.15, 0.2) is 18.2 Å². The van der Waals surface area contributed by atoms with Crippen molar-refractivity contribution in [1.29, 1.82) is 0 Å². The van der Waals surface area contributed by atoms with Gasteiger partial charge in [-0.1, -0.05) is 6.07 Å². The average Bonchev–Trinajstić information content (AvgIpc) is 2.31. The normalized spacial score (nSPS) is 11.7. The molecule has 0 aliphatic carbocycles. The van der Waals surface area contributed by atoms with Gasteiger partial charge in [0.05, 0.1) is 4.92 Å². The smallest absolute Gasteiger partial charge is 0.311 e. The average molecular weight is 252 g/mol. The molecule has 0 saturated heterocycles. The van der Waals surface area contributed by atoms with Gasteiger partial charge in [-0.25, -0.2) is 0 Å². The van der Waals surface area contributed by atoms with Crippen molar-refractivity contribution in [2.45, 2.75) is 26.9 Å². The fraction of sp³-hybridized carbons (Fsp3) is 0.417. The van der Waals surface area contributed by atoms with Gasteiger partial charge < -0.3 is 10.1 Å². The highest BCUT2D eigenvalue weighted by molar-refractivity contribution is 5.80. The standard InChI is InChI=1S/C12H16N2O4/c1-4-13-12(15)9(3)18-11-6-5-8(2)7-10(11)14(16)17/h5-7,9H,4H2,1-3H3,(H,13,15)/t9-/m1/s1. The Kier molecular flexibility index (Phi) is 4.65. The molecule has 0 aliphatic heterocycles. The number of nitro benzene ring substituents is 1. The van der Waals surface area contributed by atoms with Crippen molar-refractivity contribution >= 4 is 11.6 Å². The van der Waals surface area contributed by atoms with E-state index in [9.17, 15) is 14.9 Å². The zero-order valence-electron chi connectivity index (χ0n) is 10.6. The van der Waals surface area contributed by atoms with Gasteiger partial charge in [-0.2, -0.15) is 0 Å². The maximum absolute atomic E-state index is 11.5. The maximum Gasteiger partial charge on any atom is 0.311 e. The van der Waals surface area contributed by atoms with Gasteiger partial charge in [0.15, 0.2) is 11.9 Å². The third-order valence-corrected chi connectivity index (χ3v) is 2.34. The monoisotopic (exact) mass is 252 g/mol. The number of nitro groups is 1. The molecule has 1 aromatic carbocycles. The SMILES string of the molecule is CCNC(=O)[C@@H](C)Oc1ccc(C)cc1[N+](=O)[O-]. The van der Waals surface area contributed by atoms with Gasteiger partial charge in [0.2, 0.25) is 0 Å². The maximum atomic E-state index is 11.5. The van der Waals surface area contributed by atoms with Crippen LogP contribution in [0.3, 0.4) is 0 Å². The van der Waals surface area contributed by atoms with E-state index in [2.05, 4.69) is 5.32 Å². The Hall–Kier alpha value is -2.11. The van der Waals surface area contributed by atoms with Gasteiger partial charge in [0, 0.05) is 12.6 Å². The van der Waals surface area contributed by atoms with Crippen molar-refractivity contribution in [3.8, 4) is 5.75 Å². The lowest BCUT2D eigenvalue weighted by Crippen LogP contribution is -2.36. The summed E-state index contributed by atoms with van der Waals surface area (Å²) in [4.78, 5) is 21.8. The molecule has 0 unspecified atom stereocenters. The number of hydrogen-bond acceptors (Lipinski definition) is 4. The van der Waals surface area contributed by atoms with E-state index in [1.54, 1.807) is 26.8 Å². The summed E-state index contributed by atoms with van der Waals surface area (Å²) in [5.74, 6) is -0.197. The third kappa shape index (κ3) is 3.44. The number of nitrogens with one attached hydrogen (secondary N) is 1. The van der Waals surface area contributed by atoms with E-state index in [1.165, 1.54) is 12.1 Å². The van der Waals surface area contributed by atoms with Gasteiger partial charge in [0.1, 0.15) is 0 Å². The second-order valence-corrected chi connectivity index (χ2v) is 3.88. The lowest BCUT2D eigenvalue weighted by molar-refractivity contribution is -0.386. The predicted molar refractivity (Wildman–Crippen MR) is 66.6 cm³/mol. The van der Waals surface area contributed by atoms with Gasteiger partial charge in [-0.05, 0) is 32.4 Å². The van der Waals surface area contributed by atoms with Crippen molar-refractivity contribution in [2.24, 2.45) is 0 Å². The van der Waals surface area contributed by atoms with Crippen LogP contribution < -0.4 is 10.1 Å². The van der Waals surface area contributed by atoms with Crippen LogP contribution in [0.4, 0.5) is 5.69 Å². The largest absolute Gasteiger partial charge is 0.474 e. The molecule has 0 saturated carbocycles. The topological polar surface area (TPSA) is 81.5 Å². The first-order valence-electron chi connectivity index (χ1n) is 5.65. The third-order valence-electron chi connectivity index (χ3n) is 2.34. The molecule has 6 heteroatoms. The Bertz CT molecular complexity index is 459. The number of carbonyl (C=O) groups excluding carboxylic acids is 1. The first-order valence-corrected chi connectivity index (χ1v) is 5.65. The number of ether oxygens (including phenoxy) is 1. The minimum atomic E-state index is -0.772. The molecular formula is C12H16N2O4. The lowest BCUT2D eigenvalue weighted by atomic mass is 10.2. The van der Waals surface area contributed by atoms with E-state index in [4.69, 9.17) is 4.74 Å². The van der Waals surface area contributed by atoms with Crippen LogP contribution in [0.5, 0.6) is 5.75 Å². The van der Waals surface area contributed by atoms with E-state index in [-0.39, 0.29) is 17.3 Å². The highest BCUT2D eigenvalue weighted by Gasteiger charge is 2.20. The molecule has 0 fully saturated rings. The molecule has 0 spiro atoms. The first-order chi connectivity index (χ1) is 8.45. The number of carbonyl (C=O) groups is 1. The summed E-state index contributed by atoms with van der Waals surface area (Å²) in [6, 6.07) is 4.62. The lowest BCUT2D eigenvalue weighted by Gasteiger charge is -2.14. The molecule has 18 heavy (non-hydrogen) atoms. The minimum absolute atomic E-state index is 0.101. The minimum Gasteiger partial charge on any atom is -0.474 e. The summed E-state index contributed by atoms with van der Waals surface area (Å²) in [5, 5.41) is 13.5. The summed E-state index contributed by atoms with van der Waals surface area (Å²) in [7, 11) is 0. The number of hydrogen-bond donors (Lipinski definition) is 1. The molecule has 0 aliphatic rings. The van der Waals surface area contributed by atoms with Crippen LogP contribution >= 0.6 is 0 Å². The quantitative estimate of drug-likeness (QED) is 0.640. The second kappa shape index (κ2) is 6.00. The molecule has 98 valence electrons. The second-order valence-electron chi connectivity index (χ2n) is 3.88. The van der Waals surface area contributed by atoms with Crippen molar-refractivity contribution < 1.29 is 14.5 Å². The van der Waals surface area contributed by atoms with Crippen LogP contribution in [-0.4, -0.2) is 23.5 Å². The van der Waals surface area contributed by atoms with E-state index in [0.29, 0.717) is 6.54 Å². The summed E-state index contributed by atoms with van der Waals surface area (Å²) in [5.41, 5.74) is 0.630. The molecule has 1 N–H and O–H groups in total. The van der Waals surface area contributed by atoms with Crippen molar-refractivity contribution in [3.05, 3.63) is 33.9 Å². The van der Waals surface area contributed by atoms with Gasteiger partial charge >= 0.3 is 5.69 Å². The molecule has 0 bridgehead atoms. The van der Waals surface area contributed by atoms with Crippen molar-refractivity contribution in [3.63, 3.8) is 0 Å². The Labute approximate surface area is 105 Å². The van der Waals surface area contributed by atoms with E-state index in [1.807, 2.05) is 0 Å². The number of aryl methyl sites for hydroxylation is 1. The summed E-state index contributed by atoms with van der Waals surface area (Å²) < 4.78 is 5.32. The Balaban J connectivity index is 2.90. The van der Waals surface area contributed by atoms with Gasteiger partial charge in [-0.3, -0.25) is 14.9 Å². The molecule has 6 nitrogen and oxygen atoms in total. The summed E-state index contributed by atoms with van der Waals surface area (Å²) in [6.07, 6.45) is -0.772. The number of rotatable bonds is 5. The molecule has 1 aromatic rings. The van der Waals surface area contributed by atoms with Crippen molar-refractivity contribution in [1.82, 2.24) is 5.32 Å². The number of likely N-dealkylation sites (N-methyl/N-ethyl adjacent to an activating group) is 1. The number of amides is 1. The fourth-order valence-electron chi connectivity index (χ4n) is 1.43. The highest BCUT2D eigenvalue weighted by Crippen LogP contribution is 2.28. The highest BCUT2D eigenvalue weighted by atomic mass is 16.6. The fourth-order valence-corrected chi connectivity index (χ4v) is 1.43. The van der Waals surface area contributed by atoms with Gasteiger partial charge in [0.25, 0.3) is 5.91 Å². The molecule has 1 rings (SSSR count). The zero-order valence-corrected chi connectivity index (χ0v) is 10.6.